The summed E-state index contributed by atoms with van der Waals surface area (Å²) in [7, 11) is 1.66. The first-order chi connectivity index (χ1) is 30.4. The summed E-state index contributed by atoms with van der Waals surface area (Å²) in [5.41, 5.74) is 7.84. The molecule has 1 unspecified atom stereocenters. The summed E-state index contributed by atoms with van der Waals surface area (Å²) < 4.78 is 0. The van der Waals surface area contributed by atoms with Crippen LogP contribution in [0.2, 0.25) is 0 Å². The highest BCUT2D eigenvalue weighted by atomic mass is 16.2. The Balaban J connectivity index is 1.07. The Morgan fingerprint density at radius 2 is 1.57 bits per heavy atom. The van der Waals surface area contributed by atoms with Gasteiger partial charge in [-0.2, -0.15) is 4.98 Å². The molecule has 2 aromatic heterocycles. The van der Waals surface area contributed by atoms with Crippen molar-refractivity contribution in [2.75, 3.05) is 38.9 Å². The minimum atomic E-state index is -0.761. The molecule has 6 aromatic rings. The minimum absolute atomic E-state index is 0.136. The predicted octanol–water partition coefficient (Wildman–Crippen LogP) is 7.98. The summed E-state index contributed by atoms with van der Waals surface area (Å²) in [6.07, 6.45) is 3.86. The van der Waals surface area contributed by atoms with E-state index >= 15 is 0 Å². The van der Waals surface area contributed by atoms with Gasteiger partial charge in [0.1, 0.15) is 18.4 Å². The molecule has 4 heterocycles. The van der Waals surface area contributed by atoms with Crippen LogP contribution >= 0.6 is 0 Å². The van der Waals surface area contributed by atoms with Crippen LogP contribution in [-0.4, -0.2) is 64.1 Å². The van der Waals surface area contributed by atoms with E-state index in [9.17, 15) is 19.2 Å². The summed E-state index contributed by atoms with van der Waals surface area (Å²) in [5.74, 6) is -0.169. The maximum Gasteiger partial charge on any atom is 0.330 e. The number of aryl methyl sites for hydroxylation is 2. The number of benzene rings is 4. The van der Waals surface area contributed by atoms with Gasteiger partial charge in [-0.3, -0.25) is 34.2 Å². The number of aliphatic imine (C=N–C) groups is 1. The zero-order valence-electron chi connectivity index (χ0n) is 35.8. The van der Waals surface area contributed by atoms with E-state index < -0.39 is 11.9 Å². The number of urea groups is 1. The number of aromatic nitrogens is 3. The topological polar surface area (TPSA) is 165 Å². The number of hydrogen-bond donors (Lipinski definition) is 3. The first-order valence-corrected chi connectivity index (χ1v) is 20.8. The van der Waals surface area contributed by atoms with Crippen LogP contribution in [0.5, 0.6) is 0 Å². The van der Waals surface area contributed by atoms with Gasteiger partial charge >= 0.3 is 6.03 Å². The monoisotopic (exact) mass is 840 g/mol. The Morgan fingerprint density at radius 1 is 0.825 bits per heavy atom. The van der Waals surface area contributed by atoms with Crippen molar-refractivity contribution >= 4 is 64.0 Å². The van der Waals surface area contributed by atoms with E-state index in [2.05, 4.69) is 30.9 Å². The number of carbonyl (C=O) groups excluding carboxylic acids is 4. The fourth-order valence-corrected chi connectivity index (χ4v) is 7.67. The number of carbonyl (C=O) groups is 4. The van der Waals surface area contributed by atoms with Gasteiger partial charge in [0.15, 0.2) is 0 Å². The molecule has 0 radical (unpaired) electrons. The van der Waals surface area contributed by atoms with Gasteiger partial charge in [-0.15, -0.1) is 0 Å². The van der Waals surface area contributed by atoms with Crippen molar-refractivity contribution in [1.82, 2.24) is 20.3 Å². The molecule has 0 saturated heterocycles. The van der Waals surface area contributed by atoms with Gasteiger partial charge in [-0.05, 0) is 79.8 Å². The van der Waals surface area contributed by atoms with Crippen LogP contribution in [0.4, 0.5) is 39.3 Å². The van der Waals surface area contributed by atoms with Crippen LogP contribution in [0.15, 0.2) is 127 Å². The van der Waals surface area contributed by atoms with Gasteiger partial charge in [-0.25, -0.2) is 9.78 Å². The molecular weight excluding hydrogens is 793 g/mol. The second-order valence-corrected chi connectivity index (χ2v) is 16.1. The van der Waals surface area contributed by atoms with Crippen LogP contribution in [0.25, 0.3) is 0 Å². The molecule has 2 aliphatic heterocycles. The Bertz CT molecular complexity index is 2720. The molecule has 0 saturated carbocycles. The molecule has 3 N–H and O–H groups in total. The molecule has 5 amide bonds. The minimum Gasteiger partial charge on any atom is -0.350 e. The number of nitrogens with one attached hydrogen (secondary N) is 3. The number of anilines is 6. The Hall–Kier alpha value is -7.74. The largest absolute Gasteiger partial charge is 0.350 e. The second kappa shape index (κ2) is 18.1. The number of benzodiazepines with no additional fused rings is 1. The number of amides is 5. The molecule has 0 aliphatic carbocycles. The molecule has 0 spiro atoms. The van der Waals surface area contributed by atoms with Gasteiger partial charge in [-0.1, -0.05) is 80.6 Å². The zero-order chi connectivity index (χ0) is 44.2. The zero-order valence-corrected chi connectivity index (χ0v) is 35.8. The fourth-order valence-electron chi connectivity index (χ4n) is 7.67. The van der Waals surface area contributed by atoms with Gasteiger partial charge in [0.05, 0.1) is 35.5 Å². The SMILES string of the molecule is Cc1ccc(Nc2ncc3c(n2)N(C)C(=O)N(c2cc(NC(=O)c4ccc5c(c4)N(CC(=O)NCc4ccccc4)C(=O)C(CC(C)C)N=C5c4ccccc4)ccc2C)C3)cn1. The van der Waals surface area contributed by atoms with Crippen molar-refractivity contribution in [2.45, 2.75) is 53.2 Å². The lowest BCUT2D eigenvalue weighted by atomic mass is 9.98. The maximum absolute atomic E-state index is 14.5. The van der Waals surface area contributed by atoms with Gasteiger partial charge in [0, 0.05) is 53.4 Å². The molecule has 14 heteroatoms. The normalized spacial score (nSPS) is 14.7. The van der Waals surface area contributed by atoms with Crippen LogP contribution in [0.1, 0.15) is 64.1 Å². The summed E-state index contributed by atoms with van der Waals surface area (Å²) in [6.45, 7) is 8.10. The average Bonchev–Trinajstić information content (AvgIpc) is 3.39. The Morgan fingerprint density at radius 3 is 2.30 bits per heavy atom. The quantitative estimate of drug-likeness (QED) is 0.112. The first-order valence-electron chi connectivity index (χ1n) is 20.8. The highest BCUT2D eigenvalue weighted by Crippen LogP contribution is 2.35. The van der Waals surface area contributed by atoms with E-state index in [1.54, 1.807) is 54.7 Å². The third-order valence-electron chi connectivity index (χ3n) is 10.9. The molecule has 4 aromatic carbocycles. The average molecular weight is 841 g/mol. The van der Waals surface area contributed by atoms with Gasteiger partial charge in [0.2, 0.25) is 11.9 Å². The summed E-state index contributed by atoms with van der Waals surface area (Å²) >= 11 is 0. The van der Waals surface area contributed by atoms with Crippen LogP contribution in [-0.2, 0) is 22.7 Å². The second-order valence-electron chi connectivity index (χ2n) is 16.1. The molecule has 8 rings (SSSR count). The number of nitrogens with zero attached hydrogens (tertiary/aromatic N) is 7. The molecule has 318 valence electrons. The summed E-state index contributed by atoms with van der Waals surface area (Å²) in [5, 5.41) is 9.11. The third-order valence-corrected chi connectivity index (χ3v) is 10.9. The van der Waals surface area contributed by atoms with Gasteiger partial charge < -0.3 is 20.9 Å². The van der Waals surface area contributed by atoms with E-state index in [-0.39, 0.29) is 42.4 Å². The molecule has 14 nitrogen and oxygen atoms in total. The van der Waals surface area contributed by atoms with E-state index in [4.69, 9.17) is 4.99 Å². The van der Waals surface area contributed by atoms with E-state index in [0.717, 1.165) is 33.6 Å². The van der Waals surface area contributed by atoms with Crippen molar-refractivity contribution in [3.05, 3.63) is 161 Å². The van der Waals surface area contributed by atoms with Crippen molar-refractivity contribution in [3.63, 3.8) is 0 Å². The predicted molar refractivity (Wildman–Crippen MR) is 246 cm³/mol. The number of rotatable bonds is 12. The Labute approximate surface area is 366 Å². The molecule has 0 fully saturated rings. The van der Waals surface area contributed by atoms with Crippen LogP contribution in [0.3, 0.4) is 0 Å². The van der Waals surface area contributed by atoms with Crippen LogP contribution in [0, 0.1) is 19.8 Å². The van der Waals surface area contributed by atoms with E-state index in [1.165, 1.54) is 9.80 Å². The smallest absolute Gasteiger partial charge is 0.330 e. The van der Waals surface area contributed by atoms with Crippen molar-refractivity contribution < 1.29 is 19.2 Å². The molecule has 2 aliphatic rings. The lowest BCUT2D eigenvalue weighted by Gasteiger charge is -2.35. The molecule has 1 atom stereocenters. The Kier molecular flexibility index (Phi) is 12.0. The maximum atomic E-state index is 14.5. The first kappa shape index (κ1) is 42.0. The highest BCUT2D eigenvalue weighted by Gasteiger charge is 2.35. The lowest BCUT2D eigenvalue weighted by molar-refractivity contribution is -0.124. The number of pyridine rings is 1. The number of fused-ring (bicyclic) bond motifs is 2. The molecule has 0 bridgehead atoms. The third kappa shape index (κ3) is 9.30. The van der Waals surface area contributed by atoms with E-state index in [1.807, 2.05) is 107 Å². The van der Waals surface area contributed by atoms with Crippen molar-refractivity contribution in [2.24, 2.45) is 10.9 Å². The van der Waals surface area contributed by atoms with Gasteiger partial charge in [0.25, 0.3) is 11.8 Å². The molecular formula is C49H48N10O4. The van der Waals surface area contributed by atoms with E-state index in [0.29, 0.717) is 53.1 Å². The standard InChI is InChI=1S/C49H48N10O4/c1-30(2)22-40-47(62)58(29-43(60)51-25-33-12-8-6-9-13-33)42-23-35(18-21-39(42)44(55-40)34-14-10-7-11-15-34)46(61)53-37-19-16-31(3)41(24-37)59-28-36-26-52-48(56-45(36)57(5)49(59)63)54-38-20-17-32(4)50-27-38/h6-21,23-24,26-27,30,40H,22,25,28-29H2,1-5H3,(H,51,60)(H,53,61)(H,52,54,56). The summed E-state index contributed by atoms with van der Waals surface area (Å²) in [4.78, 5) is 79.4. The van der Waals surface area contributed by atoms with Crippen LogP contribution < -0.4 is 30.7 Å². The van der Waals surface area contributed by atoms with Crippen molar-refractivity contribution in [1.29, 1.82) is 0 Å². The molecule has 63 heavy (non-hydrogen) atoms. The highest BCUT2D eigenvalue weighted by molar-refractivity contribution is 6.21. The van der Waals surface area contributed by atoms with Crippen molar-refractivity contribution in [3.8, 4) is 0 Å². The fraction of sp³-hybridized carbons (Fsp3) is 0.224. The summed E-state index contributed by atoms with van der Waals surface area (Å²) in [6, 6.07) is 32.4. The lowest BCUT2D eigenvalue weighted by Crippen LogP contribution is -2.46. The number of hydrogen-bond acceptors (Lipinski definition) is 9.